The van der Waals surface area contributed by atoms with Gasteiger partial charge in [0.25, 0.3) is 5.91 Å². The molecule has 1 heterocycles. The zero-order valence-corrected chi connectivity index (χ0v) is 13.3. The molecule has 0 radical (unpaired) electrons. The molecular weight excluding hydrogens is 292 g/mol. The van der Waals surface area contributed by atoms with Crippen molar-refractivity contribution in [3.63, 3.8) is 0 Å². The van der Waals surface area contributed by atoms with E-state index >= 15 is 0 Å². The van der Waals surface area contributed by atoms with E-state index in [9.17, 15) is 9.59 Å². The number of amides is 2. The average molecular weight is 316 g/mol. The molecule has 1 aliphatic carbocycles. The molecule has 1 aromatic rings. The molecule has 2 fully saturated rings. The number of nitrogens with two attached hydrogens (primary N) is 1. The van der Waals surface area contributed by atoms with E-state index in [4.69, 9.17) is 5.84 Å². The van der Waals surface area contributed by atoms with E-state index < -0.39 is 0 Å². The second-order valence-corrected chi connectivity index (χ2v) is 6.37. The Labute approximate surface area is 136 Å². The first-order valence-corrected chi connectivity index (χ1v) is 8.40. The number of nitrogen functional groups attached to an aromatic ring is 1. The molecule has 0 atom stereocenters. The van der Waals surface area contributed by atoms with Gasteiger partial charge in [-0.15, -0.1) is 0 Å². The largest absolute Gasteiger partial charge is 0.371 e. The summed E-state index contributed by atoms with van der Waals surface area (Å²) in [7, 11) is 0. The molecule has 0 unspecified atom stereocenters. The summed E-state index contributed by atoms with van der Waals surface area (Å²) in [4.78, 5) is 26.3. The number of hydrogen-bond donors (Lipinski definition) is 3. The Hall–Kier alpha value is -2.08. The summed E-state index contributed by atoms with van der Waals surface area (Å²) in [5.41, 5.74) is 4.36. The summed E-state index contributed by atoms with van der Waals surface area (Å²) >= 11 is 0. The highest BCUT2D eigenvalue weighted by molar-refractivity contribution is 6.01. The number of rotatable bonds is 4. The molecule has 0 spiro atoms. The maximum atomic E-state index is 12.1. The van der Waals surface area contributed by atoms with Gasteiger partial charge in [0.1, 0.15) is 0 Å². The maximum absolute atomic E-state index is 12.1. The minimum atomic E-state index is -0.302. The highest BCUT2D eigenvalue weighted by Gasteiger charge is 2.29. The van der Waals surface area contributed by atoms with Crippen LogP contribution in [0.15, 0.2) is 18.2 Å². The van der Waals surface area contributed by atoms with Gasteiger partial charge < -0.3 is 10.2 Å². The van der Waals surface area contributed by atoms with Crippen LogP contribution in [0.2, 0.25) is 0 Å². The fraction of sp³-hybridized carbons (Fsp3) is 0.529. The minimum Gasteiger partial charge on any atom is -0.371 e. The van der Waals surface area contributed by atoms with Crippen molar-refractivity contribution in [2.75, 3.05) is 23.3 Å². The predicted molar refractivity (Wildman–Crippen MR) is 90.1 cm³/mol. The number of nitrogens with one attached hydrogen (secondary N) is 2. The lowest BCUT2D eigenvalue weighted by Crippen LogP contribution is -2.33. The topological polar surface area (TPSA) is 87.5 Å². The normalized spacial score (nSPS) is 18.2. The number of carbonyl (C=O) groups is 2. The second-order valence-electron chi connectivity index (χ2n) is 6.37. The number of carbonyl (C=O) groups excluding carboxylic acids is 2. The predicted octanol–water partition coefficient (Wildman–Crippen LogP) is 2.02. The van der Waals surface area contributed by atoms with E-state index in [1.807, 2.05) is 6.07 Å². The molecule has 0 aromatic heterocycles. The molecule has 3 rings (SSSR count). The monoisotopic (exact) mass is 316 g/mol. The van der Waals surface area contributed by atoms with Crippen molar-refractivity contribution < 1.29 is 9.59 Å². The molecule has 4 N–H and O–H groups in total. The molecule has 6 heteroatoms. The van der Waals surface area contributed by atoms with Gasteiger partial charge in [-0.05, 0) is 43.9 Å². The first kappa shape index (κ1) is 15.8. The van der Waals surface area contributed by atoms with Crippen LogP contribution in [-0.4, -0.2) is 24.9 Å². The summed E-state index contributed by atoms with van der Waals surface area (Å²) in [6, 6.07) is 5.41. The SMILES string of the molecule is NNC(=O)c1ccc(NC(=O)C2CC2)cc1N1CCCCCC1. The lowest BCUT2D eigenvalue weighted by atomic mass is 10.1. The van der Waals surface area contributed by atoms with Crippen LogP contribution in [-0.2, 0) is 4.79 Å². The van der Waals surface area contributed by atoms with Crippen LogP contribution < -0.4 is 21.5 Å². The molecule has 2 aliphatic rings. The summed E-state index contributed by atoms with van der Waals surface area (Å²) in [5.74, 6) is 5.24. The number of nitrogens with zero attached hydrogens (tertiary/aromatic N) is 1. The Morgan fingerprint density at radius 3 is 2.39 bits per heavy atom. The van der Waals surface area contributed by atoms with E-state index in [0.717, 1.165) is 50.1 Å². The Kier molecular flexibility index (Phi) is 4.81. The average Bonchev–Trinajstić information content (AvgIpc) is 3.40. The zero-order valence-electron chi connectivity index (χ0n) is 13.3. The van der Waals surface area contributed by atoms with Gasteiger partial charge in [0.2, 0.25) is 5.91 Å². The third-order valence-corrected chi connectivity index (χ3v) is 4.54. The van der Waals surface area contributed by atoms with Gasteiger partial charge in [0.15, 0.2) is 0 Å². The molecule has 2 amide bonds. The summed E-state index contributed by atoms with van der Waals surface area (Å²) in [6.07, 6.45) is 6.60. The number of hydrogen-bond acceptors (Lipinski definition) is 4. The summed E-state index contributed by atoms with van der Waals surface area (Å²) < 4.78 is 0. The molecule has 124 valence electrons. The summed E-state index contributed by atoms with van der Waals surface area (Å²) in [5, 5.41) is 2.95. The van der Waals surface area contributed by atoms with Crippen LogP contribution in [0.25, 0.3) is 0 Å². The Morgan fingerprint density at radius 2 is 1.78 bits per heavy atom. The third kappa shape index (κ3) is 3.82. The Bertz CT molecular complexity index is 590. The number of hydrazine groups is 1. The van der Waals surface area contributed by atoms with Crippen LogP contribution in [0.3, 0.4) is 0 Å². The van der Waals surface area contributed by atoms with Crippen molar-refractivity contribution in [3.05, 3.63) is 23.8 Å². The second kappa shape index (κ2) is 7.00. The molecule has 23 heavy (non-hydrogen) atoms. The third-order valence-electron chi connectivity index (χ3n) is 4.54. The van der Waals surface area contributed by atoms with Crippen molar-refractivity contribution >= 4 is 23.2 Å². The van der Waals surface area contributed by atoms with Gasteiger partial charge in [-0.3, -0.25) is 15.0 Å². The summed E-state index contributed by atoms with van der Waals surface area (Å²) in [6.45, 7) is 1.84. The van der Waals surface area contributed by atoms with E-state index in [-0.39, 0.29) is 17.7 Å². The van der Waals surface area contributed by atoms with E-state index in [0.29, 0.717) is 5.56 Å². The van der Waals surface area contributed by atoms with Crippen LogP contribution in [0.5, 0.6) is 0 Å². The maximum Gasteiger partial charge on any atom is 0.267 e. The van der Waals surface area contributed by atoms with Crippen LogP contribution >= 0.6 is 0 Å². The Balaban J connectivity index is 1.87. The molecule has 1 saturated carbocycles. The fourth-order valence-corrected chi connectivity index (χ4v) is 3.04. The van der Waals surface area contributed by atoms with Gasteiger partial charge in [-0.1, -0.05) is 12.8 Å². The molecule has 1 aliphatic heterocycles. The van der Waals surface area contributed by atoms with Crippen molar-refractivity contribution in [2.45, 2.75) is 38.5 Å². The Morgan fingerprint density at radius 1 is 1.09 bits per heavy atom. The molecule has 0 bridgehead atoms. The first-order valence-electron chi connectivity index (χ1n) is 8.40. The van der Waals surface area contributed by atoms with Crippen LogP contribution in [0, 0.1) is 5.92 Å². The molecule has 1 aromatic carbocycles. The quantitative estimate of drug-likeness (QED) is 0.450. The smallest absolute Gasteiger partial charge is 0.267 e. The highest BCUT2D eigenvalue weighted by Crippen LogP contribution is 2.32. The van der Waals surface area contributed by atoms with Crippen molar-refractivity contribution in [1.29, 1.82) is 0 Å². The molecule has 6 nitrogen and oxygen atoms in total. The fourth-order valence-electron chi connectivity index (χ4n) is 3.04. The van der Waals surface area contributed by atoms with E-state index in [1.54, 1.807) is 12.1 Å². The zero-order chi connectivity index (χ0) is 16.2. The highest BCUT2D eigenvalue weighted by atomic mass is 16.2. The lowest BCUT2D eigenvalue weighted by Gasteiger charge is -2.25. The lowest BCUT2D eigenvalue weighted by molar-refractivity contribution is -0.117. The van der Waals surface area contributed by atoms with E-state index in [2.05, 4.69) is 15.6 Å². The van der Waals surface area contributed by atoms with Crippen molar-refractivity contribution in [1.82, 2.24) is 5.43 Å². The van der Waals surface area contributed by atoms with Crippen LogP contribution in [0.1, 0.15) is 48.9 Å². The van der Waals surface area contributed by atoms with Crippen LogP contribution in [0.4, 0.5) is 11.4 Å². The van der Waals surface area contributed by atoms with Crippen molar-refractivity contribution in [2.24, 2.45) is 11.8 Å². The first-order chi connectivity index (χ1) is 11.2. The van der Waals surface area contributed by atoms with Gasteiger partial charge in [-0.25, -0.2) is 5.84 Å². The molecular formula is C17H24N4O2. The van der Waals surface area contributed by atoms with Gasteiger partial charge >= 0.3 is 0 Å². The van der Waals surface area contributed by atoms with Gasteiger partial charge in [0, 0.05) is 24.7 Å². The number of benzene rings is 1. The van der Waals surface area contributed by atoms with Gasteiger partial charge in [-0.2, -0.15) is 0 Å². The molecule has 1 saturated heterocycles. The van der Waals surface area contributed by atoms with Crippen molar-refractivity contribution in [3.8, 4) is 0 Å². The minimum absolute atomic E-state index is 0.0721. The number of anilines is 2. The van der Waals surface area contributed by atoms with E-state index in [1.165, 1.54) is 12.8 Å². The standard InChI is InChI=1S/C17H24N4O2/c18-20-17(23)14-8-7-13(19-16(22)12-5-6-12)11-15(14)21-9-3-1-2-4-10-21/h7-8,11-12H,1-6,9-10,18H2,(H,19,22)(H,20,23). The van der Waals surface area contributed by atoms with Gasteiger partial charge in [0.05, 0.1) is 11.3 Å².